The third-order valence-electron chi connectivity index (χ3n) is 2.43. The van der Waals surface area contributed by atoms with Gasteiger partial charge < -0.3 is 5.73 Å². The summed E-state index contributed by atoms with van der Waals surface area (Å²) < 4.78 is 1.85. The fourth-order valence-electron chi connectivity index (χ4n) is 1.39. The monoisotopic (exact) mass is 191 g/mol. The van der Waals surface area contributed by atoms with E-state index in [2.05, 4.69) is 16.9 Å². The van der Waals surface area contributed by atoms with Crippen LogP contribution in [0.5, 0.6) is 0 Å². The molecule has 1 aromatic heterocycles. The molecule has 1 unspecified atom stereocenters. The van der Waals surface area contributed by atoms with Crippen molar-refractivity contribution in [3.05, 3.63) is 17.5 Å². The van der Waals surface area contributed by atoms with Crippen LogP contribution in [0.15, 0.2) is 6.20 Å². The van der Waals surface area contributed by atoms with E-state index in [4.69, 9.17) is 5.73 Å². The van der Waals surface area contributed by atoms with Gasteiger partial charge in [-0.2, -0.15) is 5.10 Å². The minimum atomic E-state index is 0.0598. The molecule has 14 heavy (non-hydrogen) atoms. The Morgan fingerprint density at radius 3 is 2.86 bits per heavy atom. The minimum Gasteiger partial charge on any atom is -0.324 e. The lowest BCUT2D eigenvalue weighted by Gasteiger charge is -2.08. The highest BCUT2D eigenvalue weighted by atomic mass is 15.3. The van der Waals surface area contributed by atoms with Gasteiger partial charge >= 0.3 is 0 Å². The Balaban J connectivity index is 2.63. The molecular weight excluding hydrogens is 174 g/mol. The molecule has 0 spiro atoms. The van der Waals surface area contributed by atoms with Crippen molar-refractivity contribution in [2.24, 2.45) is 12.8 Å². The van der Waals surface area contributed by atoms with Gasteiger partial charge in [0.15, 0.2) is 0 Å². The zero-order valence-electron chi connectivity index (χ0n) is 9.04. The Hall–Kier alpha value is -1.27. The molecule has 0 aliphatic heterocycles. The van der Waals surface area contributed by atoms with E-state index >= 15 is 0 Å². The van der Waals surface area contributed by atoms with E-state index in [1.54, 1.807) is 0 Å². The fourth-order valence-corrected chi connectivity index (χ4v) is 1.39. The Labute approximate surface area is 85.3 Å². The number of rotatable bonds is 3. The summed E-state index contributed by atoms with van der Waals surface area (Å²) in [4.78, 5) is 0. The number of hydrogen-bond acceptors (Lipinski definition) is 2. The summed E-state index contributed by atoms with van der Waals surface area (Å²) in [6, 6.07) is 0.0598. The second kappa shape index (κ2) is 4.83. The summed E-state index contributed by atoms with van der Waals surface area (Å²) in [6.45, 7) is 3.88. The second-order valence-corrected chi connectivity index (χ2v) is 3.38. The van der Waals surface area contributed by atoms with Crippen molar-refractivity contribution in [3.8, 4) is 11.8 Å². The zero-order chi connectivity index (χ0) is 10.6. The lowest BCUT2D eigenvalue weighted by atomic mass is 10.0. The van der Waals surface area contributed by atoms with Gasteiger partial charge in [-0.05, 0) is 20.3 Å². The summed E-state index contributed by atoms with van der Waals surface area (Å²) in [6.07, 6.45) is 3.60. The summed E-state index contributed by atoms with van der Waals surface area (Å²) in [5.74, 6) is 5.89. The van der Waals surface area contributed by atoms with Crippen LogP contribution in [0, 0.1) is 18.8 Å². The number of aryl methyl sites for hydroxylation is 1. The van der Waals surface area contributed by atoms with E-state index < -0.39 is 0 Å². The Bertz CT molecular complexity index is 354. The van der Waals surface area contributed by atoms with Crippen molar-refractivity contribution in [2.75, 3.05) is 0 Å². The smallest absolute Gasteiger partial charge is 0.0540 e. The number of nitrogens with two attached hydrogens (primary N) is 1. The highest BCUT2D eigenvalue weighted by Crippen LogP contribution is 2.18. The van der Waals surface area contributed by atoms with E-state index in [-0.39, 0.29) is 6.04 Å². The summed E-state index contributed by atoms with van der Waals surface area (Å²) in [7, 11) is 1.93. The molecule has 0 bridgehead atoms. The molecule has 0 amide bonds. The molecule has 2 N–H and O–H groups in total. The first kappa shape index (κ1) is 10.8. The average Bonchev–Trinajstić information content (AvgIpc) is 2.48. The third-order valence-corrected chi connectivity index (χ3v) is 2.43. The van der Waals surface area contributed by atoms with Crippen molar-refractivity contribution < 1.29 is 0 Å². The van der Waals surface area contributed by atoms with Crippen LogP contribution in [0.3, 0.4) is 0 Å². The van der Waals surface area contributed by atoms with Gasteiger partial charge in [0.05, 0.1) is 6.20 Å². The first-order valence-electron chi connectivity index (χ1n) is 4.80. The van der Waals surface area contributed by atoms with Gasteiger partial charge in [0.2, 0.25) is 0 Å². The van der Waals surface area contributed by atoms with E-state index in [1.807, 2.05) is 31.8 Å². The first-order chi connectivity index (χ1) is 6.66. The highest BCUT2D eigenvalue weighted by molar-refractivity contribution is 5.20. The molecule has 0 radical (unpaired) electrons. The predicted molar refractivity (Wildman–Crippen MR) is 57.6 cm³/mol. The van der Waals surface area contributed by atoms with Crippen molar-refractivity contribution in [1.82, 2.24) is 9.78 Å². The summed E-state index contributed by atoms with van der Waals surface area (Å²) in [5, 5.41) is 4.17. The number of hydrogen-bond donors (Lipinski definition) is 1. The molecule has 1 rings (SSSR count). The van der Waals surface area contributed by atoms with E-state index in [0.717, 1.165) is 24.1 Å². The van der Waals surface area contributed by atoms with Gasteiger partial charge in [0.1, 0.15) is 0 Å². The van der Waals surface area contributed by atoms with Crippen LogP contribution in [0.25, 0.3) is 0 Å². The molecule has 0 aliphatic carbocycles. The number of aromatic nitrogens is 2. The quantitative estimate of drug-likeness (QED) is 0.736. The standard InChI is InChI=1S/C11H17N3/c1-4-5-6-7-11(12)10-8-13-14(3)9(10)2/h8,11H,6-7,12H2,1-3H3. The molecule has 0 aliphatic rings. The largest absolute Gasteiger partial charge is 0.324 e. The van der Waals surface area contributed by atoms with E-state index in [9.17, 15) is 0 Å². The van der Waals surface area contributed by atoms with Crippen LogP contribution in [-0.4, -0.2) is 9.78 Å². The molecule has 1 heterocycles. The van der Waals surface area contributed by atoms with Crippen molar-refractivity contribution in [3.63, 3.8) is 0 Å². The normalized spacial score (nSPS) is 12.0. The van der Waals surface area contributed by atoms with E-state index in [0.29, 0.717) is 0 Å². The SMILES string of the molecule is CC#CCCC(N)c1cnn(C)c1C. The fraction of sp³-hybridized carbons (Fsp3) is 0.545. The van der Waals surface area contributed by atoms with Crippen LogP contribution in [0.4, 0.5) is 0 Å². The third kappa shape index (κ3) is 2.36. The van der Waals surface area contributed by atoms with Crippen LogP contribution in [0.1, 0.15) is 37.1 Å². The Morgan fingerprint density at radius 2 is 2.36 bits per heavy atom. The van der Waals surface area contributed by atoms with Gasteiger partial charge in [-0.25, -0.2) is 0 Å². The van der Waals surface area contributed by atoms with E-state index in [1.165, 1.54) is 0 Å². The molecule has 3 heteroatoms. The summed E-state index contributed by atoms with van der Waals surface area (Å²) in [5.41, 5.74) is 8.30. The molecule has 0 saturated heterocycles. The topological polar surface area (TPSA) is 43.8 Å². The maximum atomic E-state index is 6.03. The van der Waals surface area contributed by atoms with Crippen LogP contribution >= 0.6 is 0 Å². The molecule has 0 aromatic carbocycles. The lowest BCUT2D eigenvalue weighted by molar-refractivity contribution is 0.658. The Morgan fingerprint density at radius 1 is 1.64 bits per heavy atom. The predicted octanol–water partition coefficient (Wildman–Crippen LogP) is 1.53. The number of nitrogens with zero attached hydrogens (tertiary/aromatic N) is 2. The van der Waals surface area contributed by atoms with Crippen molar-refractivity contribution in [2.45, 2.75) is 32.7 Å². The molecule has 1 aromatic rings. The molecule has 3 nitrogen and oxygen atoms in total. The maximum absolute atomic E-state index is 6.03. The van der Waals surface area contributed by atoms with Crippen LogP contribution in [-0.2, 0) is 7.05 Å². The van der Waals surface area contributed by atoms with Crippen LogP contribution < -0.4 is 5.73 Å². The Kier molecular flexibility index (Phi) is 3.73. The van der Waals surface area contributed by atoms with Gasteiger partial charge in [-0.3, -0.25) is 4.68 Å². The van der Waals surface area contributed by atoms with Gasteiger partial charge in [0.25, 0.3) is 0 Å². The highest BCUT2D eigenvalue weighted by Gasteiger charge is 2.11. The van der Waals surface area contributed by atoms with Crippen molar-refractivity contribution >= 4 is 0 Å². The first-order valence-corrected chi connectivity index (χ1v) is 4.80. The van der Waals surface area contributed by atoms with Gasteiger partial charge in [-0.1, -0.05) is 0 Å². The molecule has 0 saturated carbocycles. The lowest BCUT2D eigenvalue weighted by Crippen LogP contribution is -2.10. The average molecular weight is 191 g/mol. The van der Waals surface area contributed by atoms with Gasteiger partial charge in [-0.15, -0.1) is 11.8 Å². The van der Waals surface area contributed by atoms with Crippen LogP contribution in [0.2, 0.25) is 0 Å². The zero-order valence-corrected chi connectivity index (χ0v) is 9.04. The molecule has 0 fully saturated rings. The minimum absolute atomic E-state index is 0.0598. The van der Waals surface area contributed by atoms with Gasteiger partial charge in [0, 0.05) is 30.8 Å². The molecular formula is C11H17N3. The second-order valence-electron chi connectivity index (χ2n) is 3.38. The molecule has 76 valence electrons. The molecule has 1 atom stereocenters. The summed E-state index contributed by atoms with van der Waals surface area (Å²) >= 11 is 0. The maximum Gasteiger partial charge on any atom is 0.0540 e. The van der Waals surface area contributed by atoms with Crippen molar-refractivity contribution in [1.29, 1.82) is 0 Å².